The number of aliphatic hydroxyl groups excluding tert-OH is 1. The minimum absolute atomic E-state index is 0.0208. The van der Waals surface area contributed by atoms with Crippen LogP contribution in [-0.2, 0) is 6.18 Å². The van der Waals surface area contributed by atoms with E-state index in [0.717, 1.165) is 17.7 Å². The third-order valence-electron chi connectivity index (χ3n) is 5.07. The molecular weight excluding hydrogens is 371 g/mol. The first-order chi connectivity index (χ1) is 13.3. The second-order valence-electron chi connectivity index (χ2n) is 7.02. The number of nitrogens with zero attached hydrogens (tertiary/aromatic N) is 3. The molecule has 0 spiro atoms. The fourth-order valence-corrected chi connectivity index (χ4v) is 3.53. The van der Waals surface area contributed by atoms with Crippen molar-refractivity contribution in [1.82, 2.24) is 9.55 Å². The number of halogens is 3. The van der Waals surface area contributed by atoms with Crippen LogP contribution in [0.15, 0.2) is 47.3 Å². The van der Waals surface area contributed by atoms with Crippen molar-refractivity contribution in [3.8, 4) is 5.69 Å². The van der Waals surface area contributed by atoms with Crippen LogP contribution in [0.3, 0.4) is 0 Å². The van der Waals surface area contributed by atoms with E-state index in [4.69, 9.17) is 0 Å². The number of benzene rings is 2. The molecule has 0 atom stereocenters. The van der Waals surface area contributed by atoms with Gasteiger partial charge in [0.05, 0.1) is 16.8 Å². The highest BCUT2D eigenvalue weighted by molar-refractivity contribution is 5.91. The van der Waals surface area contributed by atoms with Crippen molar-refractivity contribution in [1.29, 1.82) is 0 Å². The van der Waals surface area contributed by atoms with Crippen molar-refractivity contribution in [2.75, 3.05) is 24.6 Å². The zero-order valence-corrected chi connectivity index (χ0v) is 15.1. The Morgan fingerprint density at radius 3 is 2.54 bits per heavy atom. The van der Waals surface area contributed by atoms with Crippen LogP contribution in [-0.4, -0.2) is 34.4 Å². The third kappa shape index (κ3) is 3.03. The summed E-state index contributed by atoms with van der Waals surface area (Å²) in [6, 6.07) is 10.4. The maximum Gasteiger partial charge on any atom is 0.416 e. The zero-order valence-electron chi connectivity index (χ0n) is 15.1. The molecule has 0 unspecified atom stereocenters. The average molecular weight is 389 g/mol. The largest absolute Gasteiger partial charge is 0.416 e. The van der Waals surface area contributed by atoms with E-state index < -0.39 is 17.4 Å². The first kappa shape index (κ1) is 18.5. The Kier molecular flexibility index (Phi) is 4.38. The minimum atomic E-state index is -4.52. The standard InChI is InChI=1S/C20H18F3N3O2/c1-12-4-2-3-5-16(12)26-17-8-14(20(21,22)23)6-7-15(17)18(24-19(26)28)25-9-13(10-25)11-27/h2-8,13,27H,9-11H2,1H3. The Labute approximate surface area is 158 Å². The molecule has 0 radical (unpaired) electrons. The van der Waals surface area contributed by atoms with Crippen molar-refractivity contribution in [2.24, 2.45) is 5.92 Å². The fraction of sp³-hybridized carbons (Fsp3) is 0.300. The lowest BCUT2D eigenvalue weighted by Crippen LogP contribution is -2.49. The van der Waals surface area contributed by atoms with Gasteiger partial charge in [-0.25, -0.2) is 4.79 Å². The Morgan fingerprint density at radius 1 is 1.18 bits per heavy atom. The molecule has 146 valence electrons. The highest BCUT2D eigenvalue weighted by Gasteiger charge is 2.33. The van der Waals surface area contributed by atoms with Gasteiger partial charge in [-0.2, -0.15) is 18.2 Å². The summed E-state index contributed by atoms with van der Waals surface area (Å²) >= 11 is 0. The molecule has 2 heterocycles. The first-order valence-corrected chi connectivity index (χ1v) is 8.85. The van der Waals surface area contributed by atoms with E-state index in [9.17, 15) is 23.1 Å². The first-order valence-electron chi connectivity index (χ1n) is 8.85. The third-order valence-corrected chi connectivity index (χ3v) is 5.07. The number of fused-ring (bicyclic) bond motifs is 1. The normalized spacial score (nSPS) is 15.1. The van der Waals surface area contributed by atoms with Gasteiger partial charge in [0, 0.05) is 31.0 Å². The van der Waals surface area contributed by atoms with Gasteiger partial charge in [0.25, 0.3) is 0 Å². The molecule has 1 N–H and O–H groups in total. The lowest BCUT2D eigenvalue weighted by Gasteiger charge is -2.39. The second-order valence-corrected chi connectivity index (χ2v) is 7.02. The number of aryl methyl sites for hydroxylation is 1. The Hall–Kier alpha value is -2.87. The van der Waals surface area contributed by atoms with Gasteiger partial charge in [-0.3, -0.25) is 4.57 Å². The van der Waals surface area contributed by atoms with Crippen LogP contribution in [0.2, 0.25) is 0 Å². The second kappa shape index (κ2) is 6.63. The summed E-state index contributed by atoms with van der Waals surface area (Å²) in [4.78, 5) is 18.8. The van der Waals surface area contributed by atoms with E-state index in [-0.39, 0.29) is 18.0 Å². The van der Waals surface area contributed by atoms with Crippen LogP contribution in [0.1, 0.15) is 11.1 Å². The molecule has 0 saturated carbocycles. The van der Waals surface area contributed by atoms with Crippen LogP contribution in [0.4, 0.5) is 19.0 Å². The van der Waals surface area contributed by atoms with Gasteiger partial charge in [0.1, 0.15) is 5.82 Å². The van der Waals surface area contributed by atoms with Gasteiger partial charge < -0.3 is 10.0 Å². The van der Waals surface area contributed by atoms with Crippen LogP contribution in [0.25, 0.3) is 16.6 Å². The zero-order chi connectivity index (χ0) is 20.1. The van der Waals surface area contributed by atoms with Crippen LogP contribution < -0.4 is 10.6 Å². The lowest BCUT2D eigenvalue weighted by molar-refractivity contribution is -0.137. The minimum Gasteiger partial charge on any atom is -0.396 e. The number of alkyl halides is 3. The molecular formula is C20H18F3N3O2. The Bertz CT molecular complexity index is 1100. The van der Waals surface area contributed by atoms with Gasteiger partial charge in [0.2, 0.25) is 0 Å². The molecule has 5 nitrogen and oxygen atoms in total. The monoisotopic (exact) mass is 389 g/mol. The number of hydrogen-bond acceptors (Lipinski definition) is 4. The summed E-state index contributed by atoms with van der Waals surface area (Å²) < 4.78 is 41.2. The van der Waals surface area contributed by atoms with Gasteiger partial charge in [-0.15, -0.1) is 0 Å². The van der Waals surface area contributed by atoms with Crippen LogP contribution in [0.5, 0.6) is 0 Å². The van der Waals surface area contributed by atoms with Crippen LogP contribution >= 0.6 is 0 Å². The highest BCUT2D eigenvalue weighted by atomic mass is 19.4. The summed E-state index contributed by atoms with van der Waals surface area (Å²) in [7, 11) is 0. The van der Waals surface area contributed by atoms with Crippen LogP contribution in [0, 0.1) is 12.8 Å². The molecule has 28 heavy (non-hydrogen) atoms. The maximum absolute atomic E-state index is 13.3. The number of rotatable bonds is 3. The van der Waals surface area contributed by atoms with Gasteiger partial charge >= 0.3 is 11.9 Å². The smallest absolute Gasteiger partial charge is 0.396 e. The molecule has 1 aliphatic rings. The molecule has 0 aliphatic carbocycles. The lowest BCUT2D eigenvalue weighted by atomic mass is 10.0. The number of para-hydroxylation sites is 1. The molecule has 0 bridgehead atoms. The van der Waals surface area contributed by atoms with Gasteiger partial charge in [-0.05, 0) is 36.8 Å². The number of anilines is 1. The molecule has 0 amide bonds. The van der Waals surface area contributed by atoms with Crippen molar-refractivity contribution in [3.05, 3.63) is 64.1 Å². The molecule has 1 aliphatic heterocycles. The summed E-state index contributed by atoms with van der Waals surface area (Å²) in [5, 5.41) is 9.69. The fourth-order valence-electron chi connectivity index (χ4n) is 3.53. The Balaban J connectivity index is 2.00. The summed E-state index contributed by atoms with van der Waals surface area (Å²) in [6.45, 7) is 2.82. The van der Waals surface area contributed by atoms with E-state index in [1.807, 2.05) is 0 Å². The summed E-state index contributed by atoms with van der Waals surface area (Å²) in [5.41, 5.74) is -0.0549. The average Bonchev–Trinajstić information content (AvgIpc) is 2.61. The van der Waals surface area contributed by atoms with E-state index in [2.05, 4.69) is 4.98 Å². The molecule has 4 rings (SSSR count). The molecule has 3 aromatic rings. The SMILES string of the molecule is Cc1ccccc1-n1c(=O)nc(N2CC(CO)C2)c2ccc(C(F)(F)F)cc21. The van der Waals surface area contributed by atoms with E-state index in [0.29, 0.717) is 30.0 Å². The summed E-state index contributed by atoms with van der Waals surface area (Å²) in [5.74, 6) is 0.424. The Morgan fingerprint density at radius 2 is 1.89 bits per heavy atom. The van der Waals surface area contributed by atoms with Gasteiger partial charge in [0.15, 0.2) is 0 Å². The number of aliphatic hydroxyl groups is 1. The van der Waals surface area contributed by atoms with Crippen molar-refractivity contribution in [2.45, 2.75) is 13.1 Å². The van der Waals surface area contributed by atoms with E-state index in [1.54, 1.807) is 36.1 Å². The molecule has 1 saturated heterocycles. The molecule has 1 aromatic heterocycles. The van der Waals surface area contributed by atoms with Gasteiger partial charge in [-0.1, -0.05) is 18.2 Å². The van der Waals surface area contributed by atoms with Crippen molar-refractivity contribution >= 4 is 16.7 Å². The topological polar surface area (TPSA) is 58.4 Å². The highest BCUT2D eigenvalue weighted by Crippen LogP contribution is 2.35. The maximum atomic E-state index is 13.3. The predicted octanol–water partition coefficient (Wildman–Crippen LogP) is 3.14. The predicted molar refractivity (Wildman–Crippen MR) is 99.9 cm³/mol. The molecule has 1 fully saturated rings. The number of aromatic nitrogens is 2. The van der Waals surface area contributed by atoms with E-state index in [1.165, 1.54) is 10.6 Å². The summed E-state index contributed by atoms with van der Waals surface area (Å²) in [6.07, 6.45) is -4.52. The number of hydrogen-bond donors (Lipinski definition) is 1. The molecule has 8 heteroatoms. The van der Waals surface area contributed by atoms with Crippen molar-refractivity contribution < 1.29 is 18.3 Å². The molecule has 2 aromatic carbocycles. The van der Waals surface area contributed by atoms with Crippen molar-refractivity contribution in [3.63, 3.8) is 0 Å². The quantitative estimate of drug-likeness (QED) is 0.748. The van der Waals surface area contributed by atoms with E-state index >= 15 is 0 Å².